The molecule has 1 aromatic rings. The molecule has 1 fully saturated rings. The van der Waals surface area contributed by atoms with Crippen LogP contribution in [0.1, 0.15) is 18.4 Å². The van der Waals surface area contributed by atoms with Gasteiger partial charge in [-0.15, -0.1) is 0 Å². The van der Waals surface area contributed by atoms with Crippen LogP contribution in [-0.4, -0.2) is 47.3 Å². The number of hydrogen-bond acceptors (Lipinski definition) is 4. The molecule has 0 aliphatic carbocycles. The lowest BCUT2D eigenvalue weighted by Crippen LogP contribution is -2.42. The Balaban J connectivity index is 1.76. The van der Waals surface area contributed by atoms with Crippen molar-refractivity contribution in [2.45, 2.75) is 18.6 Å². The van der Waals surface area contributed by atoms with Gasteiger partial charge < -0.3 is 0 Å². The van der Waals surface area contributed by atoms with Gasteiger partial charge in [-0.1, -0.05) is 30.3 Å². The maximum atomic E-state index is 11.9. The molecule has 0 radical (unpaired) electrons. The lowest BCUT2D eigenvalue weighted by Gasteiger charge is -2.16. The quantitative estimate of drug-likeness (QED) is 0.649. The topological polar surface area (TPSA) is 95.6 Å². The van der Waals surface area contributed by atoms with E-state index in [0.29, 0.717) is 18.7 Å². The average Bonchev–Trinajstić information content (AvgIpc) is 2.99. The number of nitrogens with zero attached hydrogens (tertiary/aromatic N) is 1. The largest absolute Gasteiger partial charge is 0.279 e. The number of hydrogen-bond donors (Lipinski definition) is 2. The van der Waals surface area contributed by atoms with Crippen molar-refractivity contribution < 1.29 is 16.8 Å². The first-order valence-electron chi connectivity index (χ1n) is 7.15. The lowest BCUT2D eigenvalue weighted by atomic mass is 10.2. The first-order valence-corrected chi connectivity index (χ1v) is 10.2. The molecule has 1 heterocycles. The highest BCUT2D eigenvalue weighted by Gasteiger charge is 2.24. The highest BCUT2D eigenvalue weighted by molar-refractivity contribution is 7.88. The second-order valence-corrected chi connectivity index (χ2v) is 8.71. The molecule has 0 spiro atoms. The molecule has 2 rings (SSSR count). The molecule has 124 valence electrons. The molecule has 0 aromatic heterocycles. The molecule has 0 bridgehead atoms. The maximum absolute atomic E-state index is 11.9. The molecule has 1 aromatic carbocycles. The van der Waals surface area contributed by atoms with Gasteiger partial charge in [0.2, 0.25) is 10.0 Å². The minimum absolute atomic E-state index is 0.0300. The fourth-order valence-electron chi connectivity index (χ4n) is 2.25. The van der Waals surface area contributed by atoms with Crippen LogP contribution in [0.5, 0.6) is 0 Å². The van der Waals surface area contributed by atoms with Crippen molar-refractivity contribution in [1.29, 1.82) is 0 Å². The van der Waals surface area contributed by atoms with E-state index >= 15 is 0 Å². The van der Waals surface area contributed by atoms with Crippen LogP contribution >= 0.6 is 0 Å². The summed E-state index contributed by atoms with van der Waals surface area (Å²) in [5, 5.41) is 0. The minimum Gasteiger partial charge on any atom is -0.214 e. The number of rotatable bonds is 8. The molecule has 1 aliphatic rings. The fraction of sp³-hybridized carbons (Fsp3) is 0.538. The zero-order valence-corrected chi connectivity index (χ0v) is 13.9. The van der Waals surface area contributed by atoms with E-state index in [-0.39, 0.29) is 18.8 Å². The zero-order valence-electron chi connectivity index (χ0n) is 12.2. The zero-order chi connectivity index (χ0) is 16.1. The van der Waals surface area contributed by atoms with Crippen LogP contribution < -0.4 is 9.44 Å². The van der Waals surface area contributed by atoms with E-state index in [1.54, 1.807) is 24.3 Å². The highest BCUT2D eigenvalue weighted by Crippen LogP contribution is 2.10. The van der Waals surface area contributed by atoms with Crippen molar-refractivity contribution >= 4 is 20.2 Å². The van der Waals surface area contributed by atoms with Crippen LogP contribution in [0.15, 0.2) is 30.3 Å². The summed E-state index contributed by atoms with van der Waals surface area (Å²) >= 11 is 0. The molecule has 9 heteroatoms. The standard InChI is InChI=1S/C13H21N3O4S2/c17-21(18,12-13-6-2-1-3-7-13)14-8-9-15-22(19,20)16-10-4-5-11-16/h1-3,6-7,14-15H,4-5,8-12H2. The molecule has 0 atom stereocenters. The summed E-state index contributed by atoms with van der Waals surface area (Å²) in [6, 6.07) is 8.82. The van der Waals surface area contributed by atoms with Crippen molar-refractivity contribution in [3.63, 3.8) is 0 Å². The molecule has 0 amide bonds. The van der Waals surface area contributed by atoms with Crippen molar-refractivity contribution in [3.8, 4) is 0 Å². The van der Waals surface area contributed by atoms with Gasteiger partial charge in [0.15, 0.2) is 0 Å². The predicted molar refractivity (Wildman–Crippen MR) is 84.8 cm³/mol. The van der Waals surface area contributed by atoms with E-state index < -0.39 is 20.2 Å². The van der Waals surface area contributed by atoms with Gasteiger partial charge in [-0.2, -0.15) is 12.7 Å². The number of sulfonamides is 1. The second kappa shape index (κ2) is 7.51. The van der Waals surface area contributed by atoms with Crippen molar-refractivity contribution in [2.24, 2.45) is 0 Å². The Labute approximate surface area is 131 Å². The molecular formula is C13H21N3O4S2. The van der Waals surface area contributed by atoms with Crippen LogP contribution in [0.4, 0.5) is 0 Å². The van der Waals surface area contributed by atoms with Gasteiger partial charge in [-0.3, -0.25) is 0 Å². The number of benzene rings is 1. The molecule has 0 unspecified atom stereocenters. The molecule has 0 saturated carbocycles. The monoisotopic (exact) mass is 347 g/mol. The third-order valence-corrected chi connectivity index (χ3v) is 6.31. The van der Waals surface area contributed by atoms with Crippen molar-refractivity contribution in [1.82, 2.24) is 13.7 Å². The van der Waals surface area contributed by atoms with Gasteiger partial charge in [0.1, 0.15) is 0 Å². The van der Waals surface area contributed by atoms with Gasteiger partial charge in [-0.25, -0.2) is 17.9 Å². The van der Waals surface area contributed by atoms with Gasteiger partial charge in [0, 0.05) is 26.2 Å². The fourth-order valence-corrected chi connectivity index (χ4v) is 4.68. The Morgan fingerprint density at radius 2 is 1.50 bits per heavy atom. The molecule has 22 heavy (non-hydrogen) atoms. The molecular weight excluding hydrogens is 326 g/mol. The maximum Gasteiger partial charge on any atom is 0.279 e. The molecule has 7 nitrogen and oxygen atoms in total. The van der Waals surface area contributed by atoms with E-state index in [9.17, 15) is 16.8 Å². The van der Waals surface area contributed by atoms with Crippen LogP contribution in [0.25, 0.3) is 0 Å². The van der Waals surface area contributed by atoms with Gasteiger partial charge in [0.05, 0.1) is 5.75 Å². The molecule has 2 N–H and O–H groups in total. The molecule has 1 saturated heterocycles. The summed E-state index contributed by atoms with van der Waals surface area (Å²) < 4.78 is 53.7. The Hall–Kier alpha value is -1.00. The lowest BCUT2D eigenvalue weighted by molar-refractivity contribution is 0.465. The highest BCUT2D eigenvalue weighted by atomic mass is 32.2. The smallest absolute Gasteiger partial charge is 0.214 e. The van der Waals surface area contributed by atoms with Crippen LogP contribution in [-0.2, 0) is 26.0 Å². The Morgan fingerprint density at radius 3 is 2.14 bits per heavy atom. The van der Waals surface area contributed by atoms with Gasteiger partial charge >= 0.3 is 0 Å². The summed E-state index contributed by atoms with van der Waals surface area (Å²) in [5.41, 5.74) is 0.688. The van der Waals surface area contributed by atoms with E-state index in [1.807, 2.05) is 6.07 Å². The van der Waals surface area contributed by atoms with Crippen LogP contribution in [0, 0.1) is 0 Å². The molecule has 1 aliphatic heterocycles. The predicted octanol–water partition coefficient (Wildman–Crippen LogP) is 0.0362. The first-order chi connectivity index (χ1) is 10.4. The normalized spacial score (nSPS) is 16.9. The summed E-state index contributed by atoms with van der Waals surface area (Å²) in [6.45, 7) is 1.11. The third kappa shape index (κ3) is 5.33. The van der Waals surface area contributed by atoms with Crippen molar-refractivity contribution in [3.05, 3.63) is 35.9 Å². The van der Waals surface area contributed by atoms with Crippen LogP contribution in [0.2, 0.25) is 0 Å². The third-order valence-electron chi connectivity index (χ3n) is 3.34. The first kappa shape index (κ1) is 17.4. The summed E-state index contributed by atoms with van der Waals surface area (Å²) in [6.07, 6.45) is 1.73. The van der Waals surface area contributed by atoms with Crippen molar-refractivity contribution in [2.75, 3.05) is 26.2 Å². The number of nitrogens with one attached hydrogen (secondary N) is 2. The van der Waals surface area contributed by atoms with E-state index in [1.165, 1.54) is 4.31 Å². The summed E-state index contributed by atoms with van der Waals surface area (Å²) in [4.78, 5) is 0. The van der Waals surface area contributed by atoms with Gasteiger partial charge in [0.25, 0.3) is 10.2 Å². The van der Waals surface area contributed by atoms with E-state index in [2.05, 4.69) is 9.44 Å². The minimum atomic E-state index is -3.49. The average molecular weight is 347 g/mol. The Bertz CT molecular complexity index is 668. The summed E-state index contributed by atoms with van der Waals surface area (Å²) in [7, 11) is -6.96. The SMILES string of the molecule is O=S(=O)(Cc1ccccc1)NCCNS(=O)(=O)N1CCCC1. The van der Waals surface area contributed by atoms with Crippen LogP contribution in [0.3, 0.4) is 0 Å². The van der Waals surface area contributed by atoms with E-state index in [4.69, 9.17) is 0 Å². The summed E-state index contributed by atoms with van der Waals surface area (Å²) in [5.74, 6) is -0.118. The van der Waals surface area contributed by atoms with Gasteiger partial charge in [-0.05, 0) is 18.4 Å². The van der Waals surface area contributed by atoms with E-state index in [0.717, 1.165) is 12.8 Å². The Kier molecular flexibility index (Phi) is 5.93. The second-order valence-electron chi connectivity index (χ2n) is 5.14. The Morgan fingerprint density at radius 1 is 0.909 bits per heavy atom.